The van der Waals surface area contributed by atoms with Crippen LogP contribution in [0, 0.1) is 13.8 Å². The lowest BCUT2D eigenvalue weighted by Gasteiger charge is -2.33. The van der Waals surface area contributed by atoms with E-state index in [-0.39, 0.29) is 0 Å². The Hall–Kier alpha value is -1.96. The first-order valence-corrected chi connectivity index (χ1v) is 5.72. The maximum atomic E-state index is 4.40. The van der Waals surface area contributed by atoms with Crippen molar-refractivity contribution >= 4 is 11.4 Å². The molecule has 0 atom stereocenters. The van der Waals surface area contributed by atoms with Crippen molar-refractivity contribution in [3.05, 3.63) is 70.3 Å². The second-order valence-corrected chi connectivity index (χ2v) is 4.13. The molecule has 0 aliphatic carbocycles. The van der Waals surface area contributed by atoms with Crippen molar-refractivity contribution in [2.75, 3.05) is 6.67 Å². The lowest BCUT2D eigenvalue weighted by Crippen LogP contribution is -1.79. The van der Waals surface area contributed by atoms with Crippen molar-refractivity contribution in [2.24, 2.45) is 0 Å². The number of rotatable bonds is 4. The minimum Gasteiger partial charge on any atom is -0.699 e. The third-order valence-electron chi connectivity index (χ3n) is 2.57. The van der Waals surface area contributed by atoms with E-state index in [0.717, 1.165) is 11.4 Å². The zero-order chi connectivity index (χ0) is 12.1. The summed E-state index contributed by atoms with van der Waals surface area (Å²) >= 11 is 0. The maximum Gasteiger partial charge on any atom is -0.0398 e. The summed E-state index contributed by atoms with van der Waals surface area (Å²) in [6, 6.07) is 16.3. The first kappa shape index (κ1) is 11.5. The van der Waals surface area contributed by atoms with Crippen LogP contribution < -0.4 is 0 Å². The Morgan fingerprint density at radius 2 is 1.00 bits per heavy atom. The van der Waals surface area contributed by atoms with E-state index in [9.17, 15) is 0 Å². The first-order chi connectivity index (χ1) is 8.24. The van der Waals surface area contributed by atoms with Crippen molar-refractivity contribution in [3.8, 4) is 0 Å². The fourth-order valence-corrected chi connectivity index (χ4v) is 1.50. The third kappa shape index (κ3) is 3.52. The van der Waals surface area contributed by atoms with Crippen LogP contribution in [0.15, 0.2) is 48.5 Å². The molecule has 0 aliphatic rings. The number of benzene rings is 2. The number of hydrogen-bond acceptors (Lipinski definition) is 0. The summed E-state index contributed by atoms with van der Waals surface area (Å²) in [4.78, 5) is 0. The second kappa shape index (κ2) is 5.39. The highest BCUT2D eigenvalue weighted by Crippen LogP contribution is 2.24. The molecule has 0 heterocycles. The Bertz CT molecular complexity index is 412. The molecule has 0 bridgehead atoms. The van der Waals surface area contributed by atoms with E-state index in [2.05, 4.69) is 48.7 Å². The van der Waals surface area contributed by atoms with Crippen molar-refractivity contribution < 1.29 is 0 Å². The molecule has 2 aromatic carbocycles. The average Bonchev–Trinajstić information content (AvgIpc) is 2.34. The lowest BCUT2D eigenvalue weighted by molar-refractivity contribution is 1.35. The van der Waals surface area contributed by atoms with Gasteiger partial charge in [0.25, 0.3) is 0 Å². The first-order valence-electron chi connectivity index (χ1n) is 5.72. The molecule has 0 aromatic heterocycles. The van der Waals surface area contributed by atoms with Gasteiger partial charge in [0.05, 0.1) is 0 Å². The van der Waals surface area contributed by atoms with Crippen molar-refractivity contribution in [2.45, 2.75) is 13.8 Å². The van der Waals surface area contributed by atoms with Crippen LogP contribution in [0.5, 0.6) is 0 Å². The van der Waals surface area contributed by atoms with Gasteiger partial charge in [-0.25, -0.2) is 6.67 Å². The molecule has 2 rings (SSSR count). The van der Waals surface area contributed by atoms with Gasteiger partial charge in [-0.15, -0.1) is 11.4 Å². The molecular formula is C15H16N2-2. The van der Waals surface area contributed by atoms with Gasteiger partial charge < -0.3 is 10.6 Å². The molecule has 0 amide bonds. The fourth-order valence-electron chi connectivity index (χ4n) is 1.50. The molecule has 0 radical (unpaired) electrons. The van der Waals surface area contributed by atoms with E-state index in [1.165, 1.54) is 11.1 Å². The molecule has 0 saturated heterocycles. The molecule has 88 valence electrons. The minimum atomic E-state index is 0.478. The molecule has 0 fully saturated rings. The maximum absolute atomic E-state index is 4.40. The highest BCUT2D eigenvalue weighted by Gasteiger charge is 1.80. The molecule has 0 aliphatic heterocycles. The van der Waals surface area contributed by atoms with E-state index in [1.807, 2.05) is 24.3 Å². The summed E-state index contributed by atoms with van der Waals surface area (Å²) < 4.78 is 0. The van der Waals surface area contributed by atoms with Gasteiger partial charge in [0.1, 0.15) is 0 Å². The summed E-state index contributed by atoms with van der Waals surface area (Å²) in [5, 5.41) is 8.80. The lowest BCUT2D eigenvalue weighted by atomic mass is 10.2. The predicted octanol–water partition coefficient (Wildman–Crippen LogP) is 4.97. The van der Waals surface area contributed by atoms with E-state index in [4.69, 9.17) is 0 Å². The van der Waals surface area contributed by atoms with Crippen LogP contribution in [-0.2, 0) is 0 Å². The molecule has 0 saturated carbocycles. The largest absolute Gasteiger partial charge is 0.699 e. The minimum absolute atomic E-state index is 0.478. The SMILES string of the molecule is Cc1ccc([N-]C[N-]c2ccc(C)cc2)cc1. The zero-order valence-corrected chi connectivity index (χ0v) is 10.2. The van der Waals surface area contributed by atoms with E-state index in [1.54, 1.807) is 0 Å². The normalized spacial score (nSPS) is 10.0. The van der Waals surface area contributed by atoms with E-state index in [0.29, 0.717) is 6.67 Å². The quantitative estimate of drug-likeness (QED) is 0.701. The number of aryl methyl sites for hydroxylation is 2. The summed E-state index contributed by atoms with van der Waals surface area (Å²) in [6.07, 6.45) is 0. The smallest absolute Gasteiger partial charge is 0.0398 e. The van der Waals surface area contributed by atoms with Crippen LogP contribution in [0.3, 0.4) is 0 Å². The Morgan fingerprint density at radius 3 is 1.35 bits per heavy atom. The molecule has 2 aromatic rings. The molecule has 17 heavy (non-hydrogen) atoms. The van der Waals surface area contributed by atoms with Gasteiger partial charge in [0, 0.05) is 0 Å². The van der Waals surface area contributed by atoms with Gasteiger partial charge in [-0.2, -0.15) is 0 Å². The Morgan fingerprint density at radius 1 is 0.647 bits per heavy atom. The highest BCUT2D eigenvalue weighted by atomic mass is 15.1. The van der Waals surface area contributed by atoms with Crippen molar-refractivity contribution in [1.29, 1.82) is 0 Å². The predicted molar refractivity (Wildman–Crippen MR) is 73.3 cm³/mol. The number of nitrogens with zero attached hydrogens (tertiary/aromatic N) is 2. The van der Waals surface area contributed by atoms with Crippen molar-refractivity contribution in [1.82, 2.24) is 0 Å². The van der Waals surface area contributed by atoms with Crippen LogP contribution in [0.25, 0.3) is 10.6 Å². The van der Waals surface area contributed by atoms with Crippen LogP contribution in [0.1, 0.15) is 11.1 Å². The topological polar surface area (TPSA) is 28.2 Å². The van der Waals surface area contributed by atoms with Crippen molar-refractivity contribution in [3.63, 3.8) is 0 Å². The highest BCUT2D eigenvalue weighted by molar-refractivity contribution is 5.54. The van der Waals surface area contributed by atoms with Gasteiger partial charge in [0.2, 0.25) is 0 Å². The zero-order valence-electron chi connectivity index (χ0n) is 10.2. The number of hydrogen-bond donors (Lipinski definition) is 0. The molecular weight excluding hydrogens is 208 g/mol. The second-order valence-electron chi connectivity index (χ2n) is 4.13. The monoisotopic (exact) mass is 224 g/mol. The van der Waals surface area contributed by atoms with E-state index >= 15 is 0 Å². The Labute approximate surface area is 103 Å². The van der Waals surface area contributed by atoms with E-state index < -0.39 is 0 Å². The molecule has 2 heteroatoms. The van der Waals surface area contributed by atoms with Crippen LogP contribution in [-0.4, -0.2) is 6.67 Å². The summed E-state index contributed by atoms with van der Waals surface area (Å²) in [7, 11) is 0. The summed E-state index contributed by atoms with van der Waals surface area (Å²) in [5.41, 5.74) is 4.46. The molecule has 0 N–H and O–H groups in total. The van der Waals surface area contributed by atoms with Crippen LogP contribution in [0.2, 0.25) is 0 Å². The standard InChI is InChI=1S/C15H16N2/c1-12-3-7-14(8-4-12)16-11-17-15-9-5-13(2)6-10-15/h3-10H,11H2,1-2H3/q-2. The third-order valence-corrected chi connectivity index (χ3v) is 2.57. The molecule has 0 spiro atoms. The van der Waals surface area contributed by atoms with Crippen LogP contribution >= 0.6 is 0 Å². The van der Waals surface area contributed by atoms with Gasteiger partial charge in [-0.1, -0.05) is 59.7 Å². The summed E-state index contributed by atoms with van der Waals surface area (Å²) in [6.45, 7) is 4.62. The molecule has 2 nitrogen and oxygen atoms in total. The Balaban J connectivity index is 1.83. The van der Waals surface area contributed by atoms with Gasteiger partial charge in [0.15, 0.2) is 0 Å². The Kier molecular flexibility index (Phi) is 3.66. The molecule has 0 unspecified atom stereocenters. The average molecular weight is 224 g/mol. The fraction of sp³-hybridized carbons (Fsp3) is 0.200. The van der Waals surface area contributed by atoms with Gasteiger partial charge >= 0.3 is 0 Å². The summed E-state index contributed by atoms with van der Waals surface area (Å²) in [5.74, 6) is 0. The van der Waals surface area contributed by atoms with Gasteiger partial charge in [-0.05, 0) is 13.8 Å². The van der Waals surface area contributed by atoms with Crippen LogP contribution in [0.4, 0.5) is 11.4 Å². The van der Waals surface area contributed by atoms with Gasteiger partial charge in [-0.3, -0.25) is 0 Å².